The van der Waals surface area contributed by atoms with Gasteiger partial charge >= 0.3 is 0 Å². The van der Waals surface area contributed by atoms with Crippen LogP contribution in [-0.4, -0.2) is 28.1 Å². The lowest BCUT2D eigenvalue weighted by atomic mass is 10.1. The molecule has 2 aromatic heterocycles. The lowest BCUT2D eigenvalue weighted by Crippen LogP contribution is -2.03. The van der Waals surface area contributed by atoms with Crippen LogP contribution in [0.25, 0.3) is 11.2 Å². The van der Waals surface area contributed by atoms with E-state index >= 15 is 0 Å². The maximum absolute atomic E-state index is 6.17. The summed E-state index contributed by atoms with van der Waals surface area (Å²) in [7, 11) is 0. The van der Waals surface area contributed by atoms with Crippen LogP contribution >= 0.6 is 0 Å². The number of nitrogens with two attached hydrogens (primary N) is 1. The fraction of sp³-hybridized carbons (Fsp3) is 0.375. The molecule has 0 amide bonds. The van der Waals surface area contributed by atoms with Crippen LogP contribution < -0.4 is 5.73 Å². The van der Waals surface area contributed by atoms with Crippen molar-refractivity contribution in [1.29, 1.82) is 0 Å². The molecule has 0 spiro atoms. The molecule has 23 heavy (non-hydrogen) atoms. The molecule has 120 valence electrons. The predicted molar refractivity (Wildman–Crippen MR) is 87.9 cm³/mol. The number of ether oxygens (including phenoxy) is 1. The summed E-state index contributed by atoms with van der Waals surface area (Å²) in [5.41, 5.74) is 9.96. The van der Waals surface area contributed by atoms with E-state index < -0.39 is 0 Å². The van der Waals surface area contributed by atoms with Crippen LogP contribution in [-0.2, 0) is 11.2 Å². The first kappa shape index (κ1) is 15.2. The topological polar surface area (TPSA) is 99.4 Å². The molecule has 0 aromatic carbocycles. The third-order valence-electron chi connectivity index (χ3n) is 3.71. The number of nitrogens with zero attached hydrogens (tertiary/aromatic N) is 4. The van der Waals surface area contributed by atoms with Crippen molar-refractivity contribution in [1.82, 2.24) is 15.3 Å². The quantitative estimate of drug-likeness (QED) is 0.500. The highest BCUT2D eigenvalue weighted by atomic mass is 16.6. The normalized spacial score (nSPS) is 15.9. The maximum atomic E-state index is 6.17. The molecule has 1 fully saturated rings. The summed E-state index contributed by atoms with van der Waals surface area (Å²) in [5, 5.41) is 7.52. The number of anilines is 1. The average Bonchev–Trinajstić information content (AvgIpc) is 3.21. The molecule has 7 heteroatoms. The van der Waals surface area contributed by atoms with E-state index in [-0.39, 0.29) is 0 Å². The number of aryl methyl sites for hydroxylation is 1. The molecule has 2 aromatic rings. The molecule has 0 radical (unpaired) electrons. The van der Waals surface area contributed by atoms with E-state index in [0.717, 1.165) is 35.6 Å². The molecule has 0 unspecified atom stereocenters. The Morgan fingerprint density at radius 3 is 2.91 bits per heavy atom. The lowest BCUT2D eigenvalue weighted by Gasteiger charge is -2.09. The molecule has 7 nitrogen and oxygen atoms in total. The highest BCUT2D eigenvalue weighted by Gasteiger charge is 2.23. The van der Waals surface area contributed by atoms with Gasteiger partial charge in [-0.2, -0.15) is 0 Å². The van der Waals surface area contributed by atoms with Crippen LogP contribution in [0.4, 0.5) is 5.69 Å². The summed E-state index contributed by atoms with van der Waals surface area (Å²) in [4.78, 5) is 8.42. The summed E-state index contributed by atoms with van der Waals surface area (Å²) >= 11 is 0. The van der Waals surface area contributed by atoms with Crippen molar-refractivity contribution in [2.45, 2.75) is 39.2 Å². The number of allylic oxidation sites excluding steroid dienone is 4. The molecule has 0 bridgehead atoms. The van der Waals surface area contributed by atoms with Gasteiger partial charge in [-0.1, -0.05) is 0 Å². The Hall–Kier alpha value is -2.70. The van der Waals surface area contributed by atoms with Crippen molar-refractivity contribution in [2.75, 3.05) is 5.73 Å². The zero-order valence-electron chi connectivity index (χ0n) is 13.2. The fourth-order valence-electron chi connectivity index (χ4n) is 2.26. The zero-order chi connectivity index (χ0) is 16.4. The monoisotopic (exact) mass is 313 g/mol. The largest absolute Gasteiger partial charge is 0.495 e. The predicted octanol–water partition coefficient (Wildman–Crippen LogP) is 2.72. The molecular weight excluding hydrogens is 294 g/mol. The highest BCUT2D eigenvalue weighted by Crippen LogP contribution is 2.27. The molecule has 2 N–H and O–H groups in total. The molecule has 0 aliphatic heterocycles. The van der Waals surface area contributed by atoms with Crippen LogP contribution in [0.5, 0.6) is 0 Å². The van der Waals surface area contributed by atoms with Crippen molar-refractivity contribution in [2.24, 2.45) is 4.99 Å². The van der Waals surface area contributed by atoms with Gasteiger partial charge in [-0.3, -0.25) is 4.99 Å². The van der Waals surface area contributed by atoms with Gasteiger partial charge in [-0.05, 0) is 55.9 Å². The van der Waals surface area contributed by atoms with Crippen molar-refractivity contribution >= 4 is 23.6 Å². The minimum absolute atomic E-state index is 0.379. The standard InChI is InChI=1S/C16H19N5O2/c1-9(22-12-6-7-12)4-5-11(18-3)8-13-10(2)19-16-15(14(13)17)20-23-21-16/h4-5,12H,3,6-8,17H2,1-2H3/b9-4+,11-5-. The molecule has 1 aliphatic rings. The molecule has 2 heterocycles. The molecule has 0 atom stereocenters. The number of rotatable bonds is 6. The van der Waals surface area contributed by atoms with E-state index in [1.165, 1.54) is 0 Å². The van der Waals surface area contributed by atoms with Gasteiger partial charge in [0.1, 0.15) is 0 Å². The summed E-state index contributed by atoms with van der Waals surface area (Å²) in [5.74, 6) is 0.868. The zero-order valence-corrected chi connectivity index (χ0v) is 13.2. The Balaban J connectivity index is 1.84. The van der Waals surface area contributed by atoms with Crippen LogP contribution in [0, 0.1) is 6.92 Å². The first-order valence-electron chi connectivity index (χ1n) is 7.46. The van der Waals surface area contributed by atoms with E-state index in [9.17, 15) is 0 Å². The molecule has 1 saturated carbocycles. The second-order valence-electron chi connectivity index (χ2n) is 5.61. The first-order valence-corrected chi connectivity index (χ1v) is 7.46. The number of fused-ring (bicyclic) bond motifs is 1. The molecule has 1 aliphatic carbocycles. The smallest absolute Gasteiger partial charge is 0.226 e. The van der Waals surface area contributed by atoms with Crippen molar-refractivity contribution in [3.63, 3.8) is 0 Å². The number of hydrogen-bond donors (Lipinski definition) is 1. The number of hydrogen-bond acceptors (Lipinski definition) is 7. The Morgan fingerprint density at radius 2 is 2.22 bits per heavy atom. The lowest BCUT2D eigenvalue weighted by molar-refractivity contribution is 0.199. The Kier molecular flexibility index (Phi) is 4.10. The average molecular weight is 313 g/mol. The fourth-order valence-corrected chi connectivity index (χ4v) is 2.26. The van der Waals surface area contributed by atoms with Gasteiger partial charge in [0.2, 0.25) is 5.65 Å². The van der Waals surface area contributed by atoms with Gasteiger partial charge in [0, 0.05) is 23.4 Å². The van der Waals surface area contributed by atoms with Crippen LogP contribution in [0.15, 0.2) is 33.2 Å². The Bertz CT molecular complexity index is 802. The Labute approximate surface area is 133 Å². The van der Waals surface area contributed by atoms with Gasteiger partial charge in [0.05, 0.1) is 17.6 Å². The van der Waals surface area contributed by atoms with Gasteiger partial charge in [-0.15, -0.1) is 0 Å². The summed E-state index contributed by atoms with van der Waals surface area (Å²) in [6.45, 7) is 7.43. The summed E-state index contributed by atoms with van der Waals surface area (Å²) < 4.78 is 10.4. The van der Waals surface area contributed by atoms with Gasteiger partial charge in [0.15, 0.2) is 5.52 Å². The molecule has 3 rings (SSSR count). The highest BCUT2D eigenvalue weighted by molar-refractivity contribution is 5.85. The van der Waals surface area contributed by atoms with E-state index in [0.29, 0.717) is 29.4 Å². The number of aliphatic imine (C=N–C) groups is 1. The summed E-state index contributed by atoms with van der Waals surface area (Å²) in [6, 6.07) is 0. The van der Waals surface area contributed by atoms with Gasteiger partial charge in [0.25, 0.3) is 0 Å². The SMILES string of the molecule is C=N/C(=C\C=C(/C)OC1CC1)Cc1c(C)nc2nonc2c1N. The van der Waals surface area contributed by atoms with E-state index in [4.69, 9.17) is 10.5 Å². The minimum Gasteiger partial charge on any atom is -0.495 e. The minimum atomic E-state index is 0.379. The number of pyridine rings is 1. The van der Waals surface area contributed by atoms with Crippen molar-refractivity contribution in [3.05, 3.63) is 34.9 Å². The third kappa shape index (κ3) is 3.39. The van der Waals surface area contributed by atoms with Crippen LogP contribution in [0.2, 0.25) is 0 Å². The van der Waals surface area contributed by atoms with Gasteiger partial charge in [-0.25, -0.2) is 9.61 Å². The third-order valence-corrected chi connectivity index (χ3v) is 3.71. The second-order valence-corrected chi connectivity index (χ2v) is 5.61. The van der Waals surface area contributed by atoms with Gasteiger partial charge < -0.3 is 10.5 Å². The van der Waals surface area contributed by atoms with Crippen molar-refractivity contribution < 1.29 is 9.37 Å². The molecular formula is C16H19N5O2. The maximum Gasteiger partial charge on any atom is 0.226 e. The summed E-state index contributed by atoms with van der Waals surface area (Å²) in [6.07, 6.45) is 6.93. The first-order chi connectivity index (χ1) is 11.1. The Morgan fingerprint density at radius 1 is 1.43 bits per heavy atom. The number of nitrogen functional groups attached to an aromatic ring is 1. The van der Waals surface area contributed by atoms with E-state index in [1.54, 1.807) is 0 Å². The van der Waals surface area contributed by atoms with Crippen molar-refractivity contribution in [3.8, 4) is 0 Å². The van der Waals surface area contributed by atoms with E-state index in [2.05, 4.69) is 31.6 Å². The second kappa shape index (κ2) is 6.20. The number of aromatic nitrogens is 3. The molecule has 0 saturated heterocycles. The van der Waals surface area contributed by atoms with Crippen LogP contribution in [0.3, 0.4) is 0 Å². The van der Waals surface area contributed by atoms with E-state index in [1.807, 2.05) is 26.0 Å². The van der Waals surface area contributed by atoms with Crippen LogP contribution in [0.1, 0.15) is 31.0 Å².